The number of rotatable bonds is 4. The van der Waals surface area contributed by atoms with Gasteiger partial charge in [0.15, 0.2) is 0 Å². The monoisotopic (exact) mass is 404 g/mol. The lowest BCUT2D eigenvalue weighted by molar-refractivity contribution is 0.445. The highest BCUT2D eigenvalue weighted by molar-refractivity contribution is 7.81. The van der Waals surface area contributed by atoms with Gasteiger partial charge in [-0.25, -0.2) is 0 Å². The number of thiocarbonyl (C=S) groups is 2. The number of aromatic hydroxyl groups is 1. The number of benzene rings is 3. The molecule has 0 aliphatic carbocycles. The molecule has 1 nitrogen and oxygen atoms in total. The molecule has 3 heteroatoms. The molecule has 1 N–H and O–H groups in total. The van der Waals surface area contributed by atoms with Crippen molar-refractivity contribution in [1.29, 1.82) is 0 Å². The standard InChI is InChI=1S/C25H24OS2/c1-16-19(23(27)17-11-7-5-8-12-17)15-20(25(2,3)4)22(26)21(16)24(28)18-13-9-6-10-14-18/h5-15,26H,1-4H3. The maximum Gasteiger partial charge on any atom is 0.128 e. The van der Waals surface area contributed by atoms with Crippen LogP contribution in [0.1, 0.15) is 54.2 Å². The van der Waals surface area contributed by atoms with E-state index in [2.05, 4.69) is 20.8 Å². The Morgan fingerprint density at radius 3 is 1.71 bits per heavy atom. The predicted molar refractivity (Wildman–Crippen MR) is 126 cm³/mol. The summed E-state index contributed by atoms with van der Waals surface area (Å²) in [6.45, 7) is 8.24. The largest absolute Gasteiger partial charge is 0.507 e. The van der Waals surface area contributed by atoms with Crippen molar-refractivity contribution in [3.8, 4) is 5.75 Å². The van der Waals surface area contributed by atoms with Gasteiger partial charge in [-0.1, -0.05) is 106 Å². The molecule has 0 radical (unpaired) electrons. The fourth-order valence-electron chi connectivity index (χ4n) is 3.33. The zero-order valence-electron chi connectivity index (χ0n) is 16.6. The van der Waals surface area contributed by atoms with Crippen LogP contribution in [0.4, 0.5) is 0 Å². The lowest BCUT2D eigenvalue weighted by Crippen LogP contribution is -2.17. The van der Waals surface area contributed by atoms with E-state index in [4.69, 9.17) is 24.4 Å². The van der Waals surface area contributed by atoms with Crippen molar-refractivity contribution in [2.75, 3.05) is 0 Å². The van der Waals surface area contributed by atoms with Gasteiger partial charge in [-0.2, -0.15) is 0 Å². The van der Waals surface area contributed by atoms with E-state index in [9.17, 15) is 5.11 Å². The van der Waals surface area contributed by atoms with Gasteiger partial charge >= 0.3 is 0 Å². The minimum absolute atomic E-state index is 0.249. The minimum atomic E-state index is -0.250. The average Bonchev–Trinajstić information content (AvgIpc) is 2.68. The first kappa shape index (κ1) is 20.4. The van der Waals surface area contributed by atoms with Crippen LogP contribution < -0.4 is 0 Å². The Hall–Kier alpha value is -2.36. The van der Waals surface area contributed by atoms with E-state index in [1.165, 1.54) is 0 Å². The van der Waals surface area contributed by atoms with Crippen LogP contribution in [0.15, 0.2) is 66.7 Å². The second kappa shape index (κ2) is 7.94. The molecule has 28 heavy (non-hydrogen) atoms. The minimum Gasteiger partial charge on any atom is -0.507 e. The van der Waals surface area contributed by atoms with Crippen LogP contribution in [0.5, 0.6) is 5.75 Å². The molecule has 0 atom stereocenters. The summed E-state index contributed by atoms with van der Waals surface area (Å²) in [4.78, 5) is 1.40. The van der Waals surface area contributed by atoms with Crippen LogP contribution in [0.3, 0.4) is 0 Å². The molecule has 0 aromatic heterocycles. The first-order valence-electron chi connectivity index (χ1n) is 9.28. The Kier molecular flexibility index (Phi) is 5.78. The number of hydrogen-bond donors (Lipinski definition) is 1. The summed E-state index contributed by atoms with van der Waals surface area (Å²) >= 11 is 11.6. The molecule has 0 saturated heterocycles. The molecule has 3 rings (SSSR count). The molecule has 0 unspecified atom stereocenters. The van der Waals surface area contributed by atoms with Gasteiger partial charge in [0.2, 0.25) is 0 Å². The molecule has 0 bridgehead atoms. The number of phenolic OH excluding ortho intramolecular Hbond substituents is 1. The van der Waals surface area contributed by atoms with Gasteiger partial charge < -0.3 is 5.11 Å². The van der Waals surface area contributed by atoms with Gasteiger partial charge in [-0.15, -0.1) is 0 Å². The third-order valence-corrected chi connectivity index (χ3v) is 5.81. The summed E-state index contributed by atoms with van der Waals surface area (Å²) in [6.07, 6.45) is 0. The quantitative estimate of drug-likeness (QED) is 0.394. The third kappa shape index (κ3) is 3.91. The predicted octanol–water partition coefficient (Wildman–Crippen LogP) is 6.53. The Morgan fingerprint density at radius 2 is 1.25 bits per heavy atom. The van der Waals surface area contributed by atoms with Crippen LogP contribution in [0.2, 0.25) is 0 Å². The first-order valence-corrected chi connectivity index (χ1v) is 10.1. The summed E-state index contributed by atoms with van der Waals surface area (Å²) in [5.41, 5.74) is 5.05. The molecule has 3 aromatic rings. The van der Waals surface area contributed by atoms with E-state index in [1.54, 1.807) is 0 Å². The number of phenols is 1. The van der Waals surface area contributed by atoms with E-state index in [1.807, 2.05) is 73.7 Å². The average molecular weight is 405 g/mol. The Balaban J connectivity index is 2.27. The number of hydrogen-bond acceptors (Lipinski definition) is 3. The summed E-state index contributed by atoms with van der Waals surface area (Å²) in [5, 5.41) is 11.2. The molecule has 0 aliphatic heterocycles. The Bertz CT molecular complexity index is 1030. The summed E-state index contributed by atoms with van der Waals surface area (Å²) < 4.78 is 0. The van der Waals surface area contributed by atoms with E-state index in [-0.39, 0.29) is 11.2 Å². The van der Waals surface area contributed by atoms with E-state index < -0.39 is 0 Å². The van der Waals surface area contributed by atoms with Crippen molar-refractivity contribution < 1.29 is 5.11 Å². The van der Waals surface area contributed by atoms with Gasteiger partial charge in [0.05, 0.1) is 9.73 Å². The maximum atomic E-state index is 11.2. The molecule has 142 valence electrons. The van der Waals surface area contributed by atoms with Crippen molar-refractivity contribution in [3.63, 3.8) is 0 Å². The summed E-state index contributed by atoms with van der Waals surface area (Å²) in [7, 11) is 0. The second-order valence-corrected chi connectivity index (χ2v) is 8.78. The van der Waals surface area contributed by atoms with Crippen LogP contribution in [0, 0.1) is 6.92 Å². The van der Waals surface area contributed by atoms with E-state index >= 15 is 0 Å². The fraction of sp³-hybridized carbons (Fsp3) is 0.200. The van der Waals surface area contributed by atoms with Crippen LogP contribution in [-0.2, 0) is 5.41 Å². The van der Waals surface area contributed by atoms with Crippen molar-refractivity contribution in [2.45, 2.75) is 33.1 Å². The van der Waals surface area contributed by atoms with Crippen LogP contribution in [0.25, 0.3) is 0 Å². The second-order valence-electron chi connectivity index (χ2n) is 7.96. The lowest BCUT2D eigenvalue weighted by Gasteiger charge is -2.26. The molecule has 0 amide bonds. The Labute approximate surface area is 178 Å². The third-order valence-electron chi connectivity index (χ3n) is 4.91. The van der Waals surface area contributed by atoms with Gasteiger partial charge in [0, 0.05) is 11.1 Å². The van der Waals surface area contributed by atoms with Gasteiger partial charge in [0.25, 0.3) is 0 Å². The zero-order chi connectivity index (χ0) is 20.5. The maximum absolute atomic E-state index is 11.2. The molecular formula is C25H24OS2. The van der Waals surface area contributed by atoms with Crippen molar-refractivity contribution in [1.82, 2.24) is 0 Å². The van der Waals surface area contributed by atoms with Gasteiger partial charge in [-0.05, 0) is 40.7 Å². The molecule has 0 saturated carbocycles. The van der Waals surface area contributed by atoms with Gasteiger partial charge in [-0.3, -0.25) is 0 Å². The summed E-state index contributed by atoms with van der Waals surface area (Å²) in [5.74, 6) is 0.249. The molecule has 0 spiro atoms. The van der Waals surface area contributed by atoms with E-state index in [0.717, 1.165) is 32.7 Å². The van der Waals surface area contributed by atoms with Crippen molar-refractivity contribution in [2.24, 2.45) is 0 Å². The summed E-state index contributed by atoms with van der Waals surface area (Å²) in [6, 6.07) is 21.8. The molecule has 0 heterocycles. The van der Waals surface area contributed by atoms with E-state index in [0.29, 0.717) is 10.4 Å². The Morgan fingerprint density at radius 1 is 0.786 bits per heavy atom. The normalized spacial score (nSPS) is 11.3. The van der Waals surface area contributed by atoms with Gasteiger partial charge in [0.1, 0.15) is 5.75 Å². The van der Waals surface area contributed by atoms with Crippen LogP contribution >= 0.6 is 24.4 Å². The highest BCUT2D eigenvalue weighted by atomic mass is 32.1. The van der Waals surface area contributed by atoms with Crippen LogP contribution in [-0.4, -0.2) is 14.8 Å². The SMILES string of the molecule is Cc1c(C(=S)c2ccccc2)cc(C(C)(C)C)c(O)c1C(=S)c1ccccc1. The first-order chi connectivity index (χ1) is 13.2. The lowest BCUT2D eigenvalue weighted by atomic mass is 9.80. The fourth-order valence-corrected chi connectivity index (χ4v) is 4.07. The molecule has 0 aliphatic rings. The zero-order valence-corrected chi connectivity index (χ0v) is 18.2. The highest BCUT2D eigenvalue weighted by Gasteiger charge is 2.26. The molecule has 3 aromatic carbocycles. The highest BCUT2D eigenvalue weighted by Crippen LogP contribution is 2.39. The topological polar surface area (TPSA) is 20.2 Å². The van der Waals surface area contributed by atoms with Crippen molar-refractivity contribution in [3.05, 3.63) is 100 Å². The molecular weight excluding hydrogens is 380 g/mol. The molecule has 0 fully saturated rings. The smallest absolute Gasteiger partial charge is 0.128 e. The van der Waals surface area contributed by atoms with Crippen molar-refractivity contribution >= 4 is 34.2 Å².